The third kappa shape index (κ3) is 41.8. The van der Waals surface area contributed by atoms with Gasteiger partial charge in [-0.1, -0.05) is 187 Å². The van der Waals surface area contributed by atoms with Crippen molar-refractivity contribution in [1.29, 1.82) is 0 Å². The molecule has 77 heavy (non-hydrogen) atoms. The van der Waals surface area contributed by atoms with Crippen LogP contribution in [-0.4, -0.2) is 89.2 Å². The summed E-state index contributed by atoms with van der Waals surface area (Å²) in [5.41, 5.74) is 0. The van der Waals surface area contributed by atoms with E-state index in [2.05, 4.69) is 142 Å². The van der Waals surface area contributed by atoms with Gasteiger partial charge < -0.3 is 39.0 Å². The van der Waals surface area contributed by atoms with Crippen molar-refractivity contribution in [3.8, 4) is 0 Å². The molecule has 0 spiro atoms. The predicted molar refractivity (Wildman–Crippen MR) is 312 cm³/mol. The van der Waals surface area contributed by atoms with Crippen LogP contribution in [0.1, 0.15) is 213 Å². The predicted octanol–water partition coefficient (Wildman–Crippen LogP) is 15.2. The van der Waals surface area contributed by atoms with Gasteiger partial charge in [0.2, 0.25) is 0 Å². The molecule has 1 fully saturated rings. The number of hydrogen-bond acceptors (Lipinski definition) is 11. The maximum absolute atomic E-state index is 13.1. The number of carboxylic acid groups (broad SMARTS) is 1. The van der Waals surface area contributed by atoms with E-state index in [1.165, 1.54) is 25.7 Å². The zero-order chi connectivity index (χ0) is 56.1. The van der Waals surface area contributed by atoms with Crippen LogP contribution >= 0.6 is 0 Å². The molecule has 1 aliphatic rings. The Balaban J connectivity index is 2.75. The molecule has 6 unspecified atom stereocenters. The van der Waals surface area contributed by atoms with E-state index in [1.54, 1.807) is 0 Å². The first-order valence-corrected chi connectivity index (χ1v) is 29.5. The van der Waals surface area contributed by atoms with E-state index in [1.807, 2.05) is 0 Å². The van der Waals surface area contributed by atoms with E-state index in [-0.39, 0.29) is 25.9 Å². The van der Waals surface area contributed by atoms with Gasteiger partial charge in [-0.2, -0.15) is 0 Å². The highest BCUT2D eigenvalue weighted by atomic mass is 16.7. The van der Waals surface area contributed by atoms with E-state index in [0.717, 1.165) is 128 Å². The number of carbonyl (C=O) groups excluding carboxylic acids is 3. The molecule has 0 aromatic rings. The minimum atomic E-state index is -1.92. The van der Waals surface area contributed by atoms with Gasteiger partial charge >= 0.3 is 23.9 Å². The number of aliphatic hydroxyl groups is 2. The van der Waals surface area contributed by atoms with E-state index in [9.17, 15) is 34.5 Å². The Morgan fingerprint density at radius 3 is 1.30 bits per heavy atom. The van der Waals surface area contributed by atoms with Crippen molar-refractivity contribution in [3.63, 3.8) is 0 Å². The van der Waals surface area contributed by atoms with Crippen LogP contribution in [0, 0.1) is 0 Å². The Bertz CT molecular complexity index is 1800. The Kier molecular flexibility index (Phi) is 47.2. The molecule has 0 amide bonds. The molecule has 0 radical (unpaired) electrons. The summed E-state index contributed by atoms with van der Waals surface area (Å²) in [6.07, 6.45) is 58.9. The van der Waals surface area contributed by atoms with E-state index in [4.69, 9.17) is 23.7 Å². The lowest BCUT2D eigenvalue weighted by Gasteiger charge is -2.40. The third-order valence-corrected chi connectivity index (χ3v) is 12.5. The molecule has 0 saturated carbocycles. The van der Waals surface area contributed by atoms with E-state index >= 15 is 0 Å². The smallest absolute Gasteiger partial charge is 0.335 e. The van der Waals surface area contributed by atoms with Gasteiger partial charge in [0.05, 0.1) is 6.61 Å². The summed E-state index contributed by atoms with van der Waals surface area (Å²) in [6, 6.07) is 0. The van der Waals surface area contributed by atoms with Gasteiger partial charge in [-0.3, -0.25) is 14.4 Å². The van der Waals surface area contributed by atoms with Crippen molar-refractivity contribution in [2.24, 2.45) is 0 Å². The molecular formula is C65H102O12. The molecule has 12 heteroatoms. The fourth-order valence-electron chi connectivity index (χ4n) is 8.02. The van der Waals surface area contributed by atoms with Crippen LogP contribution in [0.2, 0.25) is 0 Å². The van der Waals surface area contributed by atoms with Gasteiger partial charge in [-0.05, 0) is 128 Å². The van der Waals surface area contributed by atoms with Crippen molar-refractivity contribution in [3.05, 3.63) is 122 Å². The Morgan fingerprint density at radius 2 is 0.818 bits per heavy atom. The highest BCUT2D eigenvalue weighted by Crippen LogP contribution is 2.26. The third-order valence-electron chi connectivity index (χ3n) is 12.5. The summed E-state index contributed by atoms with van der Waals surface area (Å²) >= 11 is 0. The zero-order valence-electron chi connectivity index (χ0n) is 47.7. The fraction of sp³-hybridized carbons (Fsp3) is 0.631. The quantitative estimate of drug-likeness (QED) is 0.0228. The van der Waals surface area contributed by atoms with Crippen LogP contribution in [0.4, 0.5) is 0 Å². The second kappa shape index (κ2) is 51.9. The normalized spacial score (nSPS) is 18.9. The molecular weight excluding hydrogens is 973 g/mol. The van der Waals surface area contributed by atoms with Gasteiger partial charge in [-0.15, -0.1) is 0 Å². The summed E-state index contributed by atoms with van der Waals surface area (Å²) in [7, 11) is 0. The van der Waals surface area contributed by atoms with Crippen molar-refractivity contribution in [2.75, 3.05) is 13.2 Å². The molecule has 1 rings (SSSR count). The van der Waals surface area contributed by atoms with E-state index in [0.29, 0.717) is 19.3 Å². The van der Waals surface area contributed by atoms with Crippen LogP contribution in [-0.2, 0) is 42.9 Å². The molecule has 1 saturated heterocycles. The molecule has 1 aliphatic heterocycles. The molecule has 0 bridgehead atoms. The minimum absolute atomic E-state index is 0.0356. The lowest BCUT2D eigenvalue weighted by molar-refractivity contribution is -0.301. The Morgan fingerprint density at radius 1 is 0.442 bits per heavy atom. The fourth-order valence-corrected chi connectivity index (χ4v) is 8.02. The number of aliphatic carboxylic acids is 1. The van der Waals surface area contributed by atoms with Crippen LogP contribution in [0.5, 0.6) is 0 Å². The largest absolute Gasteiger partial charge is 0.479 e. The van der Waals surface area contributed by atoms with Crippen LogP contribution in [0.25, 0.3) is 0 Å². The van der Waals surface area contributed by atoms with Gasteiger partial charge in [0.1, 0.15) is 18.8 Å². The second-order valence-electron chi connectivity index (χ2n) is 19.5. The molecule has 3 N–H and O–H groups in total. The first kappa shape index (κ1) is 70.1. The number of unbranched alkanes of at least 4 members (excludes halogenated alkanes) is 14. The molecule has 0 aromatic carbocycles. The van der Waals surface area contributed by atoms with Crippen molar-refractivity contribution < 1.29 is 58.2 Å². The lowest BCUT2D eigenvalue weighted by atomic mass is 9.98. The summed E-state index contributed by atoms with van der Waals surface area (Å²) in [5.74, 6) is -3.25. The number of carboxylic acids is 1. The van der Waals surface area contributed by atoms with Gasteiger partial charge in [0, 0.05) is 19.3 Å². The minimum Gasteiger partial charge on any atom is -0.479 e. The first-order chi connectivity index (χ1) is 37.6. The highest BCUT2D eigenvalue weighted by Gasteiger charge is 2.50. The van der Waals surface area contributed by atoms with Crippen LogP contribution in [0.15, 0.2) is 122 Å². The number of allylic oxidation sites excluding steroid dienone is 20. The average molecular weight is 1080 g/mol. The topological polar surface area (TPSA) is 175 Å². The molecule has 0 aromatic heterocycles. The molecule has 0 aliphatic carbocycles. The summed E-state index contributed by atoms with van der Waals surface area (Å²) in [4.78, 5) is 51.1. The number of ether oxygens (including phenoxy) is 5. The highest BCUT2D eigenvalue weighted by molar-refractivity contribution is 5.74. The van der Waals surface area contributed by atoms with Crippen LogP contribution in [0.3, 0.4) is 0 Å². The number of rotatable bonds is 48. The van der Waals surface area contributed by atoms with Crippen molar-refractivity contribution in [1.82, 2.24) is 0 Å². The molecule has 1 heterocycles. The number of aliphatic hydroxyl groups excluding tert-OH is 2. The van der Waals surface area contributed by atoms with Gasteiger partial charge in [0.25, 0.3) is 0 Å². The zero-order valence-corrected chi connectivity index (χ0v) is 47.7. The lowest BCUT2D eigenvalue weighted by Crippen LogP contribution is -2.61. The number of hydrogen-bond donors (Lipinski definition) is 3. The maximum atomic E-state index is 13.1. The second-order valence-corrected chi connectivity index (χ2v) is 19.5. The maximum Gasteiger partial charge on any atom is 0.335 e. The number of carbonyl (C=O) groups is 4. The molecule has 434 valence electrons. The Hall–Kier alpha value is -4.88. The summed E-state index contributed by atoms with van der Waals surface area (Å²) in [6.45, 7) is 5.66. The SMILES string of the molecule is CC/C=C\C/C=C\C/C=C\C/C=C\C/C=C\CCCCCC(=O)OCC(COC1OC(C(=O)O)C(O)C(O)C1OC(=O)CCCCCCC/C=C\CCCCCC)OC(=O)CCCC/C=C\C/C=C\C/C=C\C/C=C\CC. The van der Waals surface area contributed by atoms with Gasteiger partial charge in [0.15, 0.2) is 24.6 Å². The van der Waals surface area contributed by atoms with E-state index < -0.39 is 67.3 Å². The number of esters is 3. The summed E-state index contributed by atoms with van der Waals surface area (Å²) < 4.78 is 28.3. The van der Waals surface area contributed by atoms with Crippen molar-refractivity contribution >= 4 is 23.9 Å². The molecule has 12 nitrogen and oxygen atoms in total. The average Bonchev–Trinajstić information content (AvgIpc) is 3.42. The van der Waals surface area contributed by atoms with Crippen LogP contribution < -0.4 is 0 Å². The molecule has 6 atom stereocenters. The monoisotopic (exact) mass is 1070 g/mol. The standard InChI is InChI=1S/C65H102O12/c1-4-7-10-13-16-19-22-25-27-28-29-30-32-34-36-39-42-45-48-51-57(66)73-54-56(75-58(67)52-49-46-43-40-38-35-31-26-23-20-17-14-11-8-5-2)55-74-65-63(61(70)60(69)62(77-65)64(71)72)76-59(68)53-50-47-44-41-37-33-24-21-18-15-12-9-6-3/h7-8,10-11,16-17,19-21,24-27,29-31,34,36,38,40,56,60-63,65,69-70H,4-6,9,12-15,18,22-23,28,32-33,35,37,39,41-55H2,1-3H3,(H,71,72)/b10-7-,11-8-,19-16-,20-17-,24-21-,27-25-,30-29-,31-26-,36-34-,40-38-. The van der Waals surface area contributed by atoms with Crippen molar-refractivity contribution in [2.45, 2.75) is 250 Å². The summed E-state index contributed by atoms with van der Waals surface area (Å²) in [5, 5.41) is 31.5. The Labute approximate surface area is 465 Å². The van der Waals surface area contributed by atoms with Gasteiger partial charge in [-0.25, -0.2) is 4.79 Å². The first-order valence-electron chi connectivity index (χ1n) is 29.5.